The lowest BCUT2D eigenvalue weighted by Crippen LogP contribution is -2.05. The Bertz CT molecular complexity index is 983. The number of thioether (sulfide) groups is 1. The third kappa shape index (κ3) is 5.89. The van der Waals surface area contributed by atoms with Gasteiger partial charge in [0.25, 0.3) is 0 Å². The van der Waals surface area contributed by atoms with E-state index in [9.17, 15) is 18.0 Å². The Balaban J connectivity index is 0.00000155. The molecule has 0 saturated carbocycles. The molecule has 0 atom stereocenters. The molecule has 0 radical (unpaired) electrons. The van der Waals surface area contributed by atoms with Gasteiger partial charge in [0.05, 0.1) is 29.6 Å². The molecule has 0 bridgehead atoms. The molecule has 4 nitrogen and oxygen atoms in total. The van der Waals surface area contributed by atoms with E-state index in [-0.39, 0.29) is 5.97 Å². The predicted molar refractivity (Wildman–Crippen MR) is 112 cm³/mol. The topological polar surface area (TPSA) is 44.1 Å². The Morgan fingerprint density at radius 2 is 1.77 bits per heavy atom. The summed E-state index contributed by atoms with van der Waals surface area (Å²) in [5.41, 5.74) is 2.11. The molecule has 0 spiro atoms. The van der Waals surface area contributed by atoms with Crippen molar-refractivity contribution in [1.82, 2.24) is 9.78 Å². The van der Waals surface area contributed by atoms with Crippen molar-refractivity contribution in [2.75, 3.05) is 7.11 Å². The van der Waals surface area contributed by atoms with E-state index in [1.165, 1.54) is 19.2 Å². The molecule has 0 aliphatic heterocycles. The number of nitrogens with zero attached hydrogens (tertiary/aromatic N) is 2. The van der Waals surface area contributed by atoms with Gasteiger partial charge >= 0.3 is 12.1 Å². The number of halogens is 3. The van der Waals surface area contributed by atoms with Gasteiger partial charge in [0.1, 0.15) is 0 Å². The molecular weight excluding hydrogens is 413 g/mol. The zero-order chi connectivity index (χ0) is 22.3. The molecule has 0 unspecified atom stereocenters. The van der Waals surface area contributed by atoms with Crippen LogP contribution in [-0.4, -0.2) is 22.9 Å². The average Bonchev–Trinajstić information content (AvgIpc) is 3.22. The normalized spacial score (nSPS) is 10.9. The second kappa shape index (κ2) is 10.3. The van der Waals surface area contributed by atoms with Gasteiger partial charge < -0.3 is 4.74 Å². The number of methoxy groups -OCH3 is 1. The third-order valence-electron chi connectivity index (χ3n) is 4.08. The lowest BCUT2D eigenvalue weighted by atomic mass is 10.1. The van der Waals surface area contributed by atoms with E-state index < -0.39 is 11.7 Å². The van der Waals surface area contributed by atoms with E-state index in [0.29, 0.717) is 17.0 Å². The molecule has 0 fully saturated rings. The first-order valence-corrected chi connectivity index (χ1v) is 10.3. The van der Waals surface area contributed by atoms with Crippen molar-refractivity contribution in [2.45, 2.75) is 37.6 Å². The van der Waals surface area contributed by atoms with Crippen molar-refractivity contribution >= 4 is 17.7 Å². The molecule has 160 valence electrons. The van der Waals surface area contributed by atoms with E-state index in [0.717, 1.165) is 28.3 Å². The van der Waals surface area contributed by atoms with Crippen molar-refractivity contribution in [1.29, 1.82) is 0 Å². The number of ether oxygens (including phenoxy) is 1. The molecule has 0 aliphatic rings. The number of carbonyl (C=O) groups is 1. The van der Waals surface area contributed by atoms with Gasteiger partial charge in [-0.2, -0.15) is 18.3 Å². The minimum Gasteiger partial charge on any atom is -0.465 e. The van der Waals surface area contributed by atoms with E-state index >= 15 is 0 Å². The van der Waals surface area contributed by atoms with E-state index in [4.69, 9.17) is 4.74 Å². The Kier molecular flexibility index (Phi) is 8.11. The van der Waals surface area contributed by atoms with Gasteiger partial charge in [0, 0.05) is 16.8 Å². The summed E-state index contributed by atoms with van der Waals surface area (Å²) in [6.07, 6.45) is -2.64. The summed E-state index contributed by atoms with van der Waals surface area (Å²) in [6, 6.07) is 12.0. The standard InChI is InChI=1S/C20H17F3N2O2S.C2H6/c1-13-11-14(19(26)27-2)3-8-18(13)28-12-16-9-10-25(24-16)17-6-4-15(5-7-17)20(21,22)23;1-2/h3-11H,12H2,1-2H3;1-2H3. The number of benzene rings is 2. The number of hydrogen-bond donors (Lipinski definition) is 0. The van der Waals surface area contributed by atoms with Gasteiger partial charge in [0.15, 0.2) is 0 Å². The van der Waals surface area contributed by atoms with Crippen LogP contribution in [0.3, 0.4) is 0 Å². The summed E-state index contributed by atoms with van der Waals surface area (Å²) >= 11 is 1.57. The maximum absolute atomic E-state index is 12.7. The van der Waals surface area contributed by atoms with E-state index in [1.807, 2.05) is 32.9 Å². The second-order valence-corrected chi connectivity index (χ2v) is 7.07. The number of alkyl halides is 3. The van der Waals surface area contributed by atoms with Crippen molar-refractivity contribution in [3.05, 3.63) is 77.1 Å². The van der Waals surface area contributed by atoms with Gasteiger partial charge in [0.2, 0.25) is 0 Å². The zero-order valence-electron chi connectivity index (χ0n) is 17.2. The summed E-state index contributed by atoms with van der Waals surface area (Å²) in [6.45, 7) is 5.91. The van der Waals surface area contributed by atoms with Crippen molar-refractivity contribution in [2.24, 2.45) is 0 Å². The van der Waals surface area contributed by atoms with Crippen LogP contribution in [0.2, 0.25) is 0 Å². The van der Waals surface area contributed by atoms with Crippen LogP contribution in [0.4, 0.5) is 13.2 Å². The Morgan fingerprint density at radius 1 is 1.10 bits per heavy atom. The highest BCUT2D eigenvalue weighted by Gasteiger charge is 2.30. The molecule has 3 rings (SSSR count). The summed E-state index contributed by atoms with van der Waals surface area (Å²) in [7, 11) is 1.34. The van der Waals surface area contributed by atoms with Gasteiger partial charge in [-0.3, -0.25) is 0 Å². The number of aromatic nitrogens is 2. The second-order valence-electron chi connectivity index (χ2n) is 6.06. The average molecular weight is 436 g/mol. The molecule has 0 saturated heterocycles. The molecule has 0 N–H and O–H groups in total. The quantitative estimate of drug-likeness (QED) is 0.348. The van der Waals surface area contributed by atoms with Crippen LogP contribution in [0.1, 0.15) is 41.0 Å². The van der Waals surface area contributed by atoms with Gasteiger partial charge in [-0.1, -0.05) is 13.8 Å². The molecular formula is C22H23F3N2O2S. The minimum atomic E-state index is -4.36. The van der Waals surface area contributed by atoms with Crippen LogP contribution >= 0.6 is 11.8 Å². The van der Waals surface area contributed by atoms with E-state index in [1.54, 1.807) is 34.8 Å². The highest BCUT2D eigenvalue weighted by Crippen LogP contribution is 2.30. The number of esters is 1. The maximum Gasteiger partial charge on any atom is 0.416 e. The third-order valence-corrected chi connectivity index (χ3v) is 5.28. The molecule has 0 aliphatic carbocycles. The predicted octanol–water partition coefficient (Wildman–Crippen LogP) is 6.30. The SMILES string of the molecule is CC.COC(=O)c1ccc(SCc2ccn(-c3ccc(C(F)(F)F)cc3)n2)c(C)c1. The summed E-state index contributed by atoms with van der Waals surface area (Å²) < 4.78 is 44.2. The van der Waals surface area contributed by atoms with Gasteiger partial charge in [-0.25, -0.2) is 9.48 Å². The van der Waals surface area contributed by atoms with Crippen LogP contribution in [0.15, 0.2) is 59.6 Å². The Hall–Kier alpha value is -2.74. The molecule has 8 heteroatoms. The van der Waals surface area contributed by atoms with Crippen molar-refractivity contribution in [3.8, 4) is 5.69 Å². The van der Waals surface area contributed by atoms with E-state index in [2.05, 4.69) is 5.10 Å². The fraction of sp³-hybridized carbons (Fsp3) is 0.273. The molecule has 30 heavy (non-hydrogen) atoms. The summed E-state index contributed by atoms with van der Waals surface area (Å²) in [5.74, 6) is 0.210. The maximum atomic E-state index is 12.7. The van der Waals surface area contributed by atoms with Crippen LogP contribution in [-0.2, 0) is 16.7 Å². The number of carbonyl (C=O) groups excluding carboxylic acids is 1. The van der Waals surface area contributed by atoms with Gasteiger partial charge in [-0.15, -0.1) is 11.8 Å². The first-order valence-electron chi connectivity index (χ1n) is 9.32. The van der Waals surface area contributed by atoms with Crippen molar-refractivity contribution < 1.29 is 22.7 Å². The molecule has 0 amide bonds. The summed E-state index contributed by atoms with van der Waals surface area (Å²) in [5, 5.41) is 4.42. The Morgan fingerprint density at radius 3 is 2.33 bits per heavy atom. The van der Waals surface area contributed by atoms with Crippen LogP contribution < -0.4 is 0 Å². The largest absolute Gasteiger partial charge is 0.465 e. The first-order chi connectivity index (χ1) is 14.3. The van der Waals surface area contributed by atoms with Crippen LogP contribution in [0.5, 0.6) is 0 Å². The lowest BCUT2D eigenvalue weighted by molar-refractivity contribution is -0.137. The van der Waals surface area contributed by atoms with Crippen LogP contribution in [0.25, 0.3) is 5.69 Å². The fourth-order valence-electron chi connectivity index (χ4n) is 2.59. The monoisotopic (exact) mass is 436 g/mol. The smallest absolute Gasteiger partial charge is 0.416 e. The Labute approximate surface area is 178 Å². The number of rotatable bonds is 5. The van der Waals surface area contributed by atoms with Crippen LogP contribution in [0, 0.1) is 6.92 Å². The molecule has 1 aromatic heterocycles. The molecule has 1 heterocycles. The highest BCUT2D eigenvalue weighted by molar-refractivity contribution is 7.98. The highest BCUT2D eigenvalue weighted by atomic mass is 32.2. The molecule has 3 aromatic rings. The van der Waals surface area contributed by atoms with Crippen molar-refractivity contribution in [3.63, 3.8) is 0 Å². The molecule has 2 aromatic carbocycles. The number of aryl methyl sites for hydroxylation is 1. The van der Waals surface area contributed by atoms with Gasteiger partial charge in [-0.05, 0) is 61.0 Å². The zero-order valence-corrected chi connectivity index (χ0v) is 18.0. The minimum absolute atomic E-state index is 0.380. The summed E-state index contributed by atoms with van der Waals surface area (Å²) in [4.78, 5) is 12.6. The lowest BCUT2D eigenvalue weighted by Gasteiger charge is -2.08. The first kappa shape index (κ1) is 23.5. The fourth-order valence-corrected chi connectivity index (χ4v) is 3.50. The number of hydrogen-bond acceptors (Lipinski definition) is 4.